The Morgan fingerprint density at radius 3 is 2.39 bits per heavy atom. The molecule has 0 saturated carbocycles. The van der Waals surface area contributed by atoms with Crippen LogP contribution < -0.4 is 0 Å². The lowest BCUT2D eigenvalue weighted by atomic mass is 10.1. The monoisotopic (exact) mass is 377 g/mol. The molecule has 0 bridgehead atoms. The van der Waals surface area contributed by atoms with Crippen molar-refractivity contribution in [3.8, 4) is 0 Å². The minimum Gasteiger partial charge on any atom is -0.442 e. The van der Waals surface area contributed by atoms with Gasteiger partial charge in [0.15, 0.2) is 4.67 Å². The summed E-state index contributed by atoms with van der Waals surface area (Å²) < 4.78 is 11.1. The number of carbonyl (C=O) groups is 2. The van der Waals surface area contributed by atoms with E-state index in [9.17, 15) is 9.59 Å². The predicted molar refractivity (Wildman–Crippen MR) is 86.8 cm³/mol. The fraction of sp³-hybridized carbons (Fsp3) is 0.294. The Kier molecular flexibility index (Phi) is 4.81. The molecule has 0 unspecified atom stereocenters. The number of halogens is 1. The highest BCUT2D eigenvalue weighted by atomic mass is 79.9. The fourth-order valence-corrected chi connectivity index (χ4v) is 2.89. The van der Waals surface area contributed by atoms with Crippen molar-refractivity contribution in [2.24, 2.45) is 0 Å². The van der Waals surface area contributed by atoms with Crippen LogP contribution in [0.2, 0.25) is 0 Å². The van der Waals surface area contributed by atoms with E-state index in [1.807, 2.05) is 18.2 Å². The highest BCUT2D eigenvalue weighted by molar-refractivity contribution is 9.10. The quantitative estimate of drug-likeness (QED) is 0.764. The molecule has 0 radical (unpaired) electrons. The molecule has 120 valence electrons. The summed E-state index contributed by atoms with van der Waals surface area (Å²) in [5.74, 6) is -0.781. The maximum Gasteiger partial charge on any atom is 0.375 e. The van der Waals surface area contributed by atoms with E-state index in [1.165, 1.54) is 6.07 Å². The lowest BCUT2D eigenvalue weighted by Gasteiger charge is -2.23. The normalized spacial score (nSPS) is 15.4. The van der Waals surface area contributed by atoms with Gasteiger partial charge in [-0.05, 0) is 40.9 Å². The largest absolute Gasteiger partial charge is 0.442 e. The maximum absolute atomic E-state index is 12.7. The second-order valence-electron chi connectivity index (χ2n) is 5.33. The Hall–Kier alpha value is -2.08. The van der Waals surface area contributed by atoms with E-state index in [0.29, 0.717) is 23.3 Å². The summed E-state index contributed by atoms with van der Waals surface area (Å²) in [7, 11) is 0. The van der Waals surface area contributed by atoms with Crippen molar-refractivity contribution in [2.75, 3.05) is 13.1 Å². The van der Waals surface area contributed by atoms with Gasteiger partial charge >= 0.3 is 5.97 Å². The molecule has 1 aliphatic rings. The van der Waals surface area contributed by atoms with Crippen LogP contribution in [0.25, 0.3) is 0 Å². The SMILES string of the molecule is O=C(O[C@H](C(=O)N1CCCC1)c1ccccc1)c1ccc(Br)o1. The first-order valence-electron chi connectivity index (χ1n) is 7.45. The first-order valence-corrected chi connectivity index (χ1v) is 8.24. The summed E-state index contributed by atoms with van der Waals surface area (Å²) in [6, 6.07) is 12.2. The maximum atomic E-state index is 12.7. The van der Waals surface area contributed by atoms with Crippen LogP contribution >= 0.6 is 15.9 Å². The molecule has 0 aliphatic carbocycles. The second kappa shape index (κ2) is 7.00. The molecule has 5 nitrogen and oxygen atoms in total. The van der Waals surface area contributed by atoms with Crippen LogP contribution in [-0.2, 0) is 9.53 Å². The van der Waals surface area contributed by atoms with Crippen molar-refractivity contribution < 1.29 is 18.7 Å². The van der Waals surface area contributed by atoms with E-state index in [4.69, 9.17) is 9.15 Å². The van der Waals surface area contributed by atoms with Crippen molar-refractivity contribution in [2.45, 2.75) is 18.9 Å². The van der Waals surface area contributed by atoms with Crippen LogP contribution in [0.5, 0.6) is 0 Å². The number of carbonyl (C=O) groups excluding carboxylic acids is 2. The van der Waals surface area contributed by atoms with Crippen molar-refractivity contribution in [3.05, 3.63) is 58.5 Å². The van der Waals surface area contributed by atoms with E-state index in [0.717, 1.165) is 12.8 Å². The first kappa shape index (κ1) is 15.8. The van der Waals surface area contributed by atoms with Gasteiger partial charge in [-0.25, -0.2) is 4.79 Å². The molecule has 1 amide bonds. The van der Waals surface area contributed by atoms with E-state index in [1.54, 1.807) is 23.1 Å². The van der Waals surface area contributed by atoms with Gasteiger partial charge in [-0.2, -0.15) is 0 Å². The van der Waals surface area contributed by atoms with Gasteiger partial charge in [-0.3, -0.25) is 4.79 Å². The van der Waals surface area contributed by atoms with Crippen molar-refractivity contribution in [1.82, 2.24) is 4.90 Å². The molecule has 3 rings (SSSR count). The molecular formula is C17H16BrNO4. The molecule has 1 atom stereocenters. The minimum atomic E-state index is -0.953. The second-order valence-corrected chi connectivity index (χ2v) is 6.11. The number of ether oxygens (including phenoxy) is 1. The average Bonchev–Trinajstić information content (AvgIpc) is 3.24. The number of rotatable bonds is 4. The molecule has 1 aliphatic heterocycles. The molecule has 1 fully saturated rings. The van der Waals surface area contributed by atoms with E-state index < -0.39 is 12.1 Å². The number of amides is 1. The van der Waals surface area contributed by atoms with Gasteiger partial charge in [0.2, 0.25) is 11.9 Å². The Balaban J connectivity index is 1.83. The number of esters is 1. The van der Waals surface area contributed by atoms with Crippen LogP contribution in [0.4, 0.5) is 0 Å². The molecule has 1 saturated heterocycles. The molecule has 0 N–H and O–H groups in total. The number of hydrogen-bond donors (Lipinski definition) is 0. The van der Waals surface area contributed by atoms with Crippen molar-refractivity contribution in [3.63, 3.8) is 0 Å². The van der Waals surface area contributed by atoms with Crippen LogP contribution in [0, 0.1) is 0 Å². The Bertz CT molecular complexity index is 692. The average molecular weight is 378 g/mol. The Morgan fingerprint density at radius 2 is 1.78 bits per heavy atom. The first-order chi connectivity index (χ1) is 11.1. The van der Waals surface area contributed by atoms with Gasteiger partial charge in [-0.1, -0.05) is 30.3 Å². The number of likely N-dealkylation sites (tertiary alicyclic amines) is 1. The number of nitrogens with zero attached hydrogens (tertiary/aromatic N) is 1. The summed E-state index contributed by atoms with van der Waals surface area (Å²) in [4.78, 5) is 26.7. The van der Waals surface area contributed by atoms with Crippen molar-refractivity contribution in [1.29, 1.82) is 0 Å². The van der Waals surface area contributed by atoms with Gasteiger partial charge in [0.1, 0.15) is 0 Å². The third-order valence-electron chi connectivity index (χ3n) is 3.74. The topological polar surface area (TPSA) is 59.8 Å². The Morgan fingerprint density at radius 1 is 1.09 bits per heavy atom. The zero-order valence-corrected chi connectivity index (χ0v) is 14.0. The highest BCUT2D eigenvalue weighted by Gasteiger charge is 2.31. The lowest BCUT2D eigenvalue weighted by molar-refractivity contribution is -0.140. The minimum absolute atomic E-state index is 0.0621. The van der Waals surface area contributed by atoms with Crippen LogP contribution in [-0.4, -0.2) is 29.9 Å². The zero-order chi connectivity index (χ0) is 16.2. The Labute approximate surface area is 142 Å². The molecule has 0 spiro atoms. The van der Waals surface area contributed by atoms with Crippen molar-refractivity contribution >= 4 is 27.8 Å². The third kappa shape index (κ3) is 3.64. The fourth-order valence-electron chi connectivity index (χ4n) is 2.58. The van der Waals surface area contributed by atoms with Gasteiger partial charge < -0.3 is 14.1 Å². The molecular weight excluding hydrogens is 362 g/mol. The van der Waals surface area contributed by atoms with E-state index in [2.05, 4.69) is 15.9 Å². The standard InChI is InChI=1S/C17H16BrNO4/c18-14-9-8-13(22-14)17(21)23-15(12-6-2-1-3-7-12)16(20)19-10-4-5-11-19/h1-3,6-9,15H,4-5,10-11H2/t15-/m0/s1. The summed E-state index contributed by atoms with van der Waals surface area (Å²) in [5, 5.41) is 0. The third-order valence-corrected chi connectivity index (χ3v) is 4.17. The summed E-state index contributed by atoms with van der Waals surface area (Å²) in [5.41, 5.74) is 0.656. The molecule has 2 aromatic rings. The summed E-state index contributed by atoms with van der Waals surface area (Å²) in [6.45, 7) is 1.40. The molecule has 2 heterocycles. The lowest BCUT2D eigenvalue weighted by Crippen LogP contribution is -2.34. The van der Waals surface area contributed by atoms with Gasteiger partial charge in [-0.15, -0.1) is 0 Å². The molecule has 1 aromatic heterocycles. The van der Waals surface area contributed by atoms with E-state index >= 15 is 0 Å². The summed E-state index contributed by atoms with van der Waals surface area (Å²) >= 11 is 3.14. The number of benzene rings is 1. The zero-order valence-electron chi connectivity index (χ0n) is 12.4. The van der Waals surface area contributed by atoms with E-state index in [-0.39, 0.29) is 11.7 Å². The molecule has 1 aromatic carbocycles. The van der Waals surface area contributed by atoms with Crippen LogP contribution in [0.3, 0.4) is 0 Å². The molecule has 23 heavy (non-hydrogen) atoms. The van der Waals surface area contributed by atoms with Crippen LogP contribution in [0.1, 0.15) is 35.1 Å². The number of hydrogen-bond acceptors (Lipinski definition) is 4. The smallest absolute Gasteiger partial charge is 0.375 e. The highest BCUT2D eigenvalue weighted by Crippen LogP contribution is 2.25. The predicted octanol–water partition coefficient (Wildman–Crippen LogP) is 3.56. The molecule has 6 heteroatoms. The summed E-state index contributed by atoms with van der Waals surface area (Å²) in [6.07, 6.45) is 1.00. The van der Waals surface area contributed by atoms with Crippen LogP contribution in [0.15, 0.2) is 51.6 Å². The van der Waals surface area contributed by atoms with Gasteiger partial charge in [0.05, 0.1) is 0 Å². The van der Waals surface area contributed by atoms with Gasteiger partial charge in [0.25, 0.3) is 5.91 Å². The van der Waals surface area contributed by atoms with Gasteiger partial charge in [0, 0.05) is 18.7 Å². The number of furan rings is 1.